The lowest BCUT2D eigenvalue weighted by Crippen LogP contribution is -2.46. The van der Waals surface area contributed by atoms with Crippen molar-refractivity contribution in [1.82, 2.24) is 5.32 Å². The van der Waals surface area contributed by atoms with Crippen LogP contribution < -0.4 is 16.8 Å². The van der Waals surface area contributed by atoms with Gasteiger partial charge in [-0.15, -0.1) is 0 Å². The largest absolute Gasteiger partial charge is 0.392 e. The van der Waals surface area contributed by atoms with E-state index in [1.54, 1.807) is 31.2 Å². The summed E-state index contributed by atoms with van der Waals surface area (Å²) in [4.78, 5) is 47.8. The molecule has 0 saturated heterocycles. The van der Waals surface area contributed by atoms with Gasteiger partial charge in [-0.3, -0.25) is 19.2 Å². The second kappa shape index (κ2) is 10.5. The number of hydrogen-bond acceptors (Lipinski definition) is 6. The van der Waals surface area contributed by atoms with Gasteiger partial charge in [-0.05, 0) is 18.1 Å². The molecule has 1 rings (SSSR count). The van der Waals surface area contributed by atoms with Crippen molar-refractivity contribution < 1.29 is 24.3 Å². The van der Waals surface area contributed by atoms with Crippen molar-refractivity contribution in [2.45, 2.75) is 51.8 Å². The lowest BCUT2D eigenvalue weighted by Gasteiger charge is -2.19. The van der Waals surface area contributed by atoms with Crippen molar-refractivity contribution in [2.24, 2.45) is 17.4 Å². The molecule has 0 aliphatic rings. The fourth-order valence-corrected chi connectivity index (χ4v) is 2.43. The summed E-state index contributed by atoms with van der Waals surface area (Å²) < 4.78 is 0. The average molecular weight is 377 g/mol. The van der Waals surface area contributed by atoms with Gasteiger partial charge in [0, 0.05) is 18.8 Å². The van der Waals surface area contributed by atoms with Crippen LogP contribution in [0.15, 0.2) is 24.3 Å². The highest BCUT2D eigenvalue weighted by Gasteiger charge is 2.26. The summed E-state index contributed by atoms with van der Waals surface area (Å²) in [5, 5.41) is 11.6. The van der Waals surface area contributed by atoms with E-state index in [4.69, 9.17) is 16.6 Å². The van der Waals surface area contributed by atoms with Crippen LogP contribution in [0.2, 0.25) is 0 Å². The Bertz CT molecular complexity index is 685. The maximum Gasteiger partial charge on any atom is 0.223 e. The van der Waals surface area contributed by atoms with Gasteiger partial charge in [0.15, 0.2) is 5.78 Å². The lowest BCUT2D eigenvalue weighted by atomic mass is 9.97. The number of benzene rings is 1. The van der Waals surface area contributed by atoms with E-state index in [2.05, 4.69) is 5.32 Å². The zero-order chi connectivity index (χ0) is 20.6. The highest BCUT2D eigenvalue weighted by molar-refractivity contribution is 5.95. The van der Waals surface area contributed by atoms with E-state index in [0.29, 0.717) is 11.1 Å². The van der Waals surface area contributed by atoms with Crippen molar-refractivity contribution in [3.8, 4) is 0 Å². The minimum Gasteiger partial charge on any atom is -0.392 e. The van der Waals surface area contributed by atoms with Gasteiger partial charge in [-0.1, -0.05) is 31.2 Å². The van der Waals surface area contributed by atoms with Gasteiger partial charge < -0.3 is 21.9 Å². The van der Waals surface area contributed by atoms with Crippen molar-refractivity contribution >= 4 is 23.4 Å². The predicted molar refractivity (Wildman–Crippen MR) is 99.3 cm³/mol. The van der Waals surface area contributed by atoms with Gasteiger partial charge in [-0.2, -0.15) is 0 Å². The molecule has 8 heteroatoms. The molecular formula is C19H27N3O5. The molecule has 0 radical (unpaired) electrons. The quantitative estimate of drug-likeness (QED) is 0.411. The number of carbonyl (C=O) groups is 4. The van der Waals surface area contributed by atoms with Gasteiger partial charge in [0.1, 0.15) is 5.78 Å². The number of rotatable bonds is 11. The van der Waals surface area contributed by atoms with Gasteiger partial charge in [0.25, 0.3) is 0 Å². The minimum absolute atomic E-state index is 0.00290. The SMILES string of the molecule is CC(N)C(=O)CC(C)C(=O)NC(CC(N)=O)C(=O)Cc1ccc(CO)cc1. The maximum absolute atomic E-state index is 12.5. The van der Waals surface area contributed by atoms with Crippen LogP contribution in [0.5, 0.6) is 0 Å². The fraction of sp³-hybridized carbons (Fsp3) is 0.474. The van der Waals surface area contributed by atoms with E-state index < -0.39 is 29.8 Å². The molecule has 8 nitrogen and oxygen atoms in total. The number of nitrogens with two attached hydrogens (primary N) is 2. The Morgan fingerprint density at radius 3 is 2.04 bits per heavy atom. The third kappa shape index (κ3) is 7.67. The molecule has 0 aromatic heterocycles. The number of nitrogens with one attached hydrogen (secondary N) is 1. The van der Waals surface area contributed by atoms with Crippen LogP contribution in [0.3, 0.4) is 0 Å². The summed E-state index contributed by atoms with van der Waals surface area (Å²) in [6.45, 7) is 2.98. The van der Waals surface area contributed by atoms with Gasteiger partial charge in [0.2, 0.25) is 11.8 Å². The normalized spacial score (nSPS) is 14.1. The Hall–Kier alpha value is -2.58. The van der Waals surface area contributed by atoms with Gasteiger partial charge >= 0.3 is 0 Å². The molecule has 0 bridgehead atoms. The molecule has 27 heavy (non-hydrogen) atoms. The summed E-state index contributed by atoms with van der Waals surface area (Å²) in [5.74, 6) is -2.55. The minimum atomic E-state index is -1.07. The predicted octanol–water partition coefficient (Wildman–Crippen LogP) is -0.407. The van der Waals surface area contributed by atoms with E-state index in [-0.39, 0.29) is 37.4 Å². The monoisotopic (exact) mass is 377 g/mol. The molecule has 2 amide bonds. The molecule has 6 N–H and O–H groups in total. The Balaban J connectivity index is 2.78. The van der Waals surface area contributed by atoms with Crippen molar-refractivity contribution in [2.75, 3.05) is 0 Å². The van der Waals surface area contributed by atoms with E-state index in [0.717, 1.165) is 0 Å². The molecule has 148 valence electrons. The molecule has 0 spiro atoms. The molecular weight excluding hydrogens is 350 g/mol. The molecule has 0 saturated carbocycles. The van der Waals surface area contributed by atoms with Crippen LogP contribution in [0.4, 0.5) is 0 Å². The third-order valence-electron chi connectivity index (χ3n) is 4.16. The standard InChI is InChI=1S/C19H27N3O5/c1-11(7-16(24)12(2)20)19(27)22-15(9-18(21)26)17(25)8-13-3-5-14(10-23)6-4-13/h3-6,11-12,15,23H,7-10,20H2,1-2H3,(H2,21,26)(H,22,27). The van der Waals surface area contributed by atoms with Gasteiger partial charge in [0.05, 0.1) is 25.1 Å². The highest BCUT2D eigenvalue weighted by atomic mass is 16.3. The van der Waals surface area contributed by atoms with Crippen LogP contribution in [-0.2, 0) is 32.2 Å². The number of carbonyl (C=O) groups excluding carboxylic acids is 4. The van der Waals surface area contributed by atoms with Crippen LogP contribution in [0.1, 0.15) is 37.8 Å². The third-order valence-corrected chi connectivity index (χ3v) is 4.16. The summed E-state index contributed by atoms with van der Waals surface area (Å²) in [6, 6.07) is 5.01. The van der Waals surface area contributed by atoms with Crippen LogP contribution in [-0.4, -0.2) is 40.6 Å². The summed E-state index contributed by atoms with van der Waals surface area (Å²) in [6.07, 6.45) is -0.381. The zero-order valence-corrected chi connectivity index (χ0v) is 15.6. The molecule has 0 aliphatic carbocycles. The molecule has 3 atom stereocenters. The number of amides is 2. The number of aliphatic hydroxyl groups is 1. The first-order valence-electron chi connectivity index (χ1n) is 8.72. The number of ketones is 2. The zero-order valence-electron chi connectivity index (χ0n) is 15.6. The second-order valence-corrected chi connectivity index (χ2v) is 6.71. The summed E-state index contributed by atoms with van der Waals surface area (Å²) in [5.41, 5.74) is 12.1. The first-order valence-corrected chi connectivity index (χ1v) is 8.72. The van der Waals surface area contributed by atoms with Crippen LogP contribution in [0.25, 0.3) is 0 Å². The van der Waals surface area contributed by atoms with Crippen molar-refractivity contribution in [1.29, 1.82) is 0 Å². The lowest BCUT2D eigenvalue weighted by molar-refractivity contribution is -0.133. The van der Waals surface area contributed by atoms with E-state index in [9.17, 15) is 19.2 Å². The molecule has 0 fully saturated rings. The first-order chi connectivity index (χ1) is 12.6. The molecule has 3 unspecified atom stereocenters. The number of primary amides is 1. The fourth-order valence-electron chi connectivity index (χ4n) is 2.43. The van der Waals surface area contributed by atoms with Gasteiger partial charge in [-0.25, -0.2) is 0 Å². The second-order valence-electron chi connectivity index (χ2n) is 6.71. The Morgan fingerprint density at radius 2 is 1.56 bits per heavy atom. The van der Waals surface area contributed by atoms with Crippen molar-refractivity contribution in [3.63, 3.8) is 0 Å². The summed E-state index contributed by atoms with van der Waals surface area (Å²) in [7, 11) is 0. The van der Waals surface area contributed by atoms with Crippen LogP contribution in [0, 0.1) is 5.92 Å². The first kappa shape index (κ1) is 22.5. The Kier molecular flexibility index (Phi) is 8.77. The molecule has 0 heterocycles. The van der Waals surface area contributed by atoms with E-state index in [1.165, 1.54) is 6.92 Å². The van der Waals surface area contributed by atoms with E-state index in [1.807, 2.05) is 0 Å². The molecule has 1 aromatic rings. The van der Waals surface area contributed by atoms with E-state index >= 15 is 0 Å². The number of aliphatic hydroxyl groups excluding tert-OH is 1. The average Bonchev–Trinajstić information content (AvgIpc) is 2.61. The highest BCUT2D eigenvalue weighted by Crippen LogP contribution is 2.10. The Morgan fingerprint density at radius 1 is 1.00 bits per heavy atom. The maximum atomic E-state index is 12.5. The molecule has 0 aliphatic heterocycles. The summed E-state index contributed by atoms with van der Waals surface area (Å²) >= 11 is 0. The smallest absolute Gasteiger partial charge is 0.223 e. The molecule has 1 aromatic carbocycles. The Labute approximate surface area is 158 Å². The number of Topliss-reactive ketones (excluding diaryl/α,β-unsaturated/α-hetero) is 2. The topological polar surface area (TPSA) is 153 Å². The van der Waals surface area contributed by atoms with Crippen molar-refractivity contribution in [3.05, 3.63) is 35.4 Å². The van der Waals surface area contributed by atoms with Crippen LogP contribution >= 0.6 is 0 Å². The number of hydrogen-bond donors (Lipinski definition) is 4.